The molecular formula is C10H7F3N2O3. The first-order valence-electron chi connectivity index (χ1n) is 4.97. The lowest BCUT2D eigenvalue weighted by Gasteiger charge is -2.18. The van der Waals surface area contributed by atoms with E-state index in [-0.39, 0.29) is 18.7 Å². The molecule has 0 N–H and O–H groups in total. The summed E-state index contributed by atoms with van der Waals surface area (Å²) in [6, 6.07) is 3.95. The van der Waals surface area contributed by atoms with Gasteiger partial charge in [0.1, 0.15) is 5.69 Å². The van der Waals surface area contributed by atoms with Gasteiger partial charge in [-0.15, -0.1) is 0 Å². The summed E-state index contributed by atoms with van der Waals surface area (Å²) in [5.74, 6) is -2.07. The normalized spacial score (nSPS) is 14.5. The Kier molecular flexibility index (Phi) is 2.72. The molecular weight excluding hydrogens is 253 g/mol. The van der Waals surface area contributed by atoms with E-state index < -0.39 is 22.7 Å². The van der Waals surface area contributed by atoms with E-state index in [4.69, 9.17) is 0 Å². The number of nitro groups is 1. The maximum Gasteiger partial charge on any atom is 0.471 e. The average Bonchev–Trinajstić information content (AvgIpc) is 2.69. The first-order chi connectivity index (χ1) is 8.32. The Labute approximate surface area is 99.0 Å². The molecule has 5 nitrogen and oxygen atoms in total. The van der Waals surface area contributed by atoms with E-state index in [0.29, 0.717) is 10.5 Å². The molecule has 0 bridgehead atoms. The van der Waals surface area contributed by atoms with Crippen molar-refractivity contribution < 1.29 is 22.9 Å². The standard InChI is InChI=1S/C10H7F3N2O3/c11-10(12,13)9(16)14-5-4-6-2-1-3-7(8(6)14)15(17)18/h1-3H,4-5H2. The van der Waals surface area contributed by atoms with E-state index in [1.54, 1.807) is 0 Å². The molecule has 2 rings (SSSR count). The molecule has 0 spiro atoms. The van der Waals surface area contributed by atoms with Crippen LogP contribution in [-0.2, 0) is 11.2 Å². The van der Waals surface area contributed by atoms with Gasteiger partial charge < -0.3 is 0 Å². The molecule has 1 amide bonds. The van der Waals surface area contributed by atoms with Crippen LogP contribution in [0.1, 0.15) is 5.56 Å². The van der Waals surface area contributed by atoms with E-state index in [9.17, 15) is 28.1 Å². The number of nitrogens with zero attached hydrogens (tertiary/aromatic N) is 2. The molecule has 1 heterocycles. The predicted molar refractivity (Wildman–Crippen MR) is 55.2 cm³/mol. The molecule has 0 radical (unpaired) electrons. The summed E-state index contributed by atoms with van der Waals surface area (Å²) in [6.07, 6.45) is -4.86. The SMILES string of the molecule is O=C(N1CCc2cccc([N+](=O)[O-])c21)C(F)(F)F. The van der Waals surface area contributed by atoms with Gasteiger partial charge in [0.2, 0.25) is 0 Å². The molecule has 0 saturated carbocycles. The van der Waals surface area contributed by atoms with Crippen molar-refractivity contribution in [2.24, 2.45) is 0 Å². The van der Waals surface area contributed by atoms with Crippen molar-refractivity contribution >= 4 is 17.3 Å². The molecule has 1 aliphatic rings. The average molecular weight is 260 g/mol. The lowest BCUT2D eigenvalue weighted by molar-refractivity contribution is -0.384. The Balaban J connectivity index is 2.50. The molecule has 0 aromatic heterocycles. The monoisotopic (exact) mass is 260 g/mol. The highest BCUT2D eigenvalue weighted by Gasteiger charge is 2.46. The summed E-state index contributed by atoms with van der Waals surface area (Å²) < 4.78 is 37.1. The van der Waals surface area contributed by atoms with Crippen LogP contribution in [-0.4, -0.2) is 23.6 Å². The third-order valence-electron chi connectivity index (χ3n) is 2.66. The van der Waals surface area contributed by atoms with Crippen molar-refractivity contribution in [3.05, 3.63) is 33.9 Å². The Hall–Kier alpha value is -2.12. The lowest BCUT2D eigenvalue weighted by Crippen LogP contribution is -2.40. The van der Waals surface area contributed by atoms with E-state index in [1.165, 1.54) is 12.1 Å². The van der Waals surface area contributed by atoms with E-state index in [1.807, 2.05) is 0 Å². The number of carbonyl (C=O) groups excluding carboxylic acids is 1. The molecule has 8 heteroatoms. The van der Waals surface area contributed by atoms with Crippen LogP contribution in [0.5, 0.6) is 0 Å². The van der Waals surface area contributed by atoms with Gasteiger partial charge in [-0.3, -0.25) is 19.8 Å². The van der Waals surface area contributed by atoms with Gasteiger partial charge in [0.25, 0.3) is 5.69 Å². The highest BCUT2D eigenvalue weighted by Crippen LogP contribution is 2.38. The Morgan fingerprint density at radius 2 is 2.06 bits per heavy atom. The van der Waals surface area contributed by atoms with Gasteiger partial charge in [-0.25, -0.2) is 0 Å². The number of para-hydroxylation sites is 1. The lowest BCUT2D eigenvalue weighted by atomic mass is 10.1. The number of hydrogen-bond acceptors (Lipinski definition) is 3. The van der Waals surface area contributed by atoms with Gasteiger partial charge in [0.05, 0.1) is 4.92 Å². The van der Waals surface area contributed by atoms with Gasteiger partial charge in [-0.05, 0) is 12.0 Å². The Morgan fingerprint density at radius 3 is 2.61 bits per heavy atom. The van der Waals surface area contributed by atoms with Crippen LogP contribution >= 0.6 is 0 Å². The highest BCUT2D eigenvalue weighted by atomic mass is 19.4. The maximum atomic E-state index is 12.4. The maximum absolute atomic E-state index is 12.4. The van der Waals surface area contributed by atoms with Gasteiger partial charge in [-0.1, -0.05) is 12.1 Å². The van der Waals surface area contributed by atoms with Gasteiger partial charge in [-0.2, -0.15) is 13.2 Å². The number of halogens is 3. The van der Waals surface area contributed by atoms with Crippen LogP contribution in [0.4, 0.5) is 24.5 Å². The number of hydrogen-bond donors (Lipinski definition) is 0. The number of nitro benzene ring substituents is 1. The third-order valence-corrected chi connectivity index (χ3v) is 2.66. The van der Waals surface area contributed by atoms with Gasteiger partial charge >= 0.3 is 12.1 Å². The summed E-state index contributed by atoms with van der Waals surface area (Å²) in [5, 5.41) is 10.8. The van der Waals surface area contributed by atoms with Crippen LogP contribution in [0.15, 0.2) is 18.2 Å². The predicted octanol–water partition coefficient (Wildman–Crippen LogP) is 2.05. The molecule has 96 valence electrons. The molecule has 0 fully saturated rings. The third kappa shape index (κ3) is 1.89. The zero-order chi connectivity index (χ0) is 13.5. The van der Waals surface area contributed by atoms with Crippen molar-refractivity contribution in [2.75, 3.05) is 11.4 Å². The van der Waals surface area contributed by atoms with Crippen LogP contribution < -0.4 is 4.90 Å². The number of anilines is 1. The quantitative estimate of drug-likeness (QED) is 0.573. The molecule has 0 unspecified atom stereocenters. The van der Waals surface area contributed by atoms with E-state index in [0.717, 1.165) is 6.07 Å². The molecule has 18 heavy (non-hydrogen) atoms. The second-order valence-corrected chi connectivity index (χ2v) is 3.75. The zero-order valence-electron chi connectivity index (χ0n) is 8.90. The first-order valence-corrected chi connectivity index (χ1v) is 4.97. The summed E-state index contributed by atoms with van der Waals surface area (Å²) >= 11 is 0. The van der Waals surface area contributed by atoms with E-state index >= 15 is 0 Å². The summed E-state index contributed by atoms with van der Waals surface area (Å²) in [6.45, 7) is -0.196. The summed E-state index contributed by atoms with van der Waals surface area (Å²) in [5.41, 5.74) is -0.353. The van der Waals surface area contributed by atoms with Crippen molar-refractivity contribution in [1.82, 2.24) is 0 Å². The highest BCUT2D eigenvalue weighted by molar-refractivity contribution is 6.01. The minimum Gasteiger partial charge on any atom is -0.298 e. The molecule has 1 aromatic rings. The molecule has 0 saturated heterocycles. The largest absolute Gasteiger partial charge is 0.471 e. The number of amides is 1. The fraction of sp³-hybridized carbons (Fsp3) is 0.300. The topological polar surface area (TPSA) is 63.5 Å². The number of carbonyl (C=O) groups is 1. The summed E-state index contributed by atoms with van der Waals surface area (Å²) in [4.78, 5) is 21.6. The fourth-order valence-electron chi connectivity index (χ4n) is 1.94. The number of fused-ring (bicyclic) bond motifs is 1. The minimum atomic E-state index is -5.04. The molecule has 1 aliphatic heterocycles. The van der Waals surface area contributed by atoms with E-state index in [2.05, 4.69) is 0 Å². The fourth-order valence-corrected chi connectivity index (χ4v) is 1.94. The van der Waals surface area contributed by atoms with Crippen molar-refractivity contribution in [3.63, 3.8) is 0 Å². The van der Waals surface area contributed by atoms with Crippen molar-refractivity contribution in [1.29, 1.82) is 0 Å². The number of alkyl halides is 3. The number of rotatable bonds is 1. The summed E-state index contributed by atoms with van der Waals surface area (Å²) in [7, 11) is 0. The second kappa shape index (κ2) is 3.97. The van der Waals surface area contributed by atoms with Crippen molar-refractivity contribution in [3.8, 4) is 0 Å². The Bertz CT molecular complexity index is 528. The van der Waals surface area contributed by atoms with Gasteiger partial charge in [0, 0.05) is 12.6 Å². The first kappa shape index (κ1) is 12.3. The molecule has 0 atom stereocenters. The second-order valence-electron chi connectivity index (χ2n) is 3.75. The molecule has 1 aromatic carbocycles. The van der Waals surface area contributed by atoms with Crippen LogP contribution in [0.25, 0.3) is 0 Å². The van der Waals surface area contributed by atoms with Crippen molar-refractivity contribution in [2.45, 2.75) is 12.6 Å². The van der Waals surface area contributed by atoms with Crippen LogP contribution in [0, 0.1) is 10.1 Å². The van der Waals surface area contributed by atoms with Crippen LogP contribution in [0.2, 0.25) is 0 Å². The molecule has 0 aliphatic carbocycles. The smallest absolute Gasteiger partial charge is 0.298 e. The number of benzene rings is 1. The van der Waals surface area contributed by atoms with Crippen LogP contribution in [0.3, 0.4) is 0 Å². The zero-order valence-corrected chi connectivity index (χ0v) is 8.90. The minimum absolute atomic E-state index is 0.179. The Morgan fingerprint density at radius 1 is 1.39 bits per heavy atom. The van der Waals surface area contributed by atoms with Gasteiger partial charge in [0.15, 0.2) is 0 Å².